The number of rotatable bonds is 8. The van der Waals surface area contributed by atoms with Gasteiger partial charge < -0.3 is 10.1 Å². The SMILES string of the molecule is CCC(Oc1ccc(C)c(C)c1)C(=O)NC(CC(C)C)c1ccccc1. The first kappa shape index (κ1) is 20.0. The van der Waals surface area contributed by atoms with E-state index in [0.29, 0.717) is 12.3 Å². The third-order valence-corrected chi connectivity index (χ3v) is 4.65. The van der Waals surface area contributed by atoms with Crippen molar-refractivity contribution in [2.75, 3.05) is 0 Å². The van der Waals surface area contributed by atoms with Crippen LogP contribution in [0.15, 0.2) is 48.5 Å². The van der Waals surface area contributed by atoms with Gasteiger partial charge in [0.05, 0.1) is 6.04 Å². The highest BCUT2D eigenvalue weighted by Gasteiger charge is 2.23. The van der Waals surface area contributed by atoms with E-state index >= 15 is 0 Å². The maximum absolute atomic E-state index is 12.9. The summed E-state index contributed by atoms with van der Waals surface area (Å²) in [5, 5.41) is 3.20. The minimum absolute atomic E-state index is 0.00102. The summed E-state index contributed by atoms with van der Waals surface area (Å²) in [7, 11) is 0. The Balaban J connectivity index is 2.11. The van der Waals surface area contributed by atoms with Crippen molar-refractivity contribution in [1.29, 1.82) is 0 Å². The van der Waals surface area contributed by atoms with Crippen molar-refractivity contribution in [1.82, 2.24) is 5.32 Å². The van der Waals surface area contributed by atoms with Crippen molar-refractivity contribution < 1.29 is 9.53 Å². The lowest BCUT2D eigenvalue weighted by Gasteiger charge is -2.24. The minimum atomic E-state index is -0.490. The average molecular weight is 354 g/mol. The largest absolute Gasteiger partial charge is 0.481 e. The van der Waals surface area contributed by atoms with Crippen LogP contribution in [0.1, 0.15) is 56.3 Å². The lowest BCUT2D eigenvalue weighted by atomic mass is 9.96. The van der Waals surface area contributed by atoms with Crippen LogP contribution in [0, 0.1) is 19.8 Å². The molecule has 0 aliphatic rings. The molecular formula is C23H31NO2. The highest BCUT2D eigenvalue weighted by Crippen LogP contribution is 2.23. The molecule has 0 saturated heterocycles. The van der Waals surface area contributed by atoms with Crippen LogP contribution in [0.25, 0.3) is 0 Å². The Morgan fingerprint density at radius 1 is 1.04 bits per heavy atom. The molecule has 2 rings (SSSR count). The van der Waals surface area contributed by atoms with Gasteiger partial charge in [0.1, 0.15) is 5.75 Å². The summed E-state index contributed by atoms with van der Waals surface area (Å²) in [6.07, 6.45) is 1.04. The third-order valence-electron chi connectivity index (χ3n) is 4.65. The van der Waals surface area contributed by atoms with Crippen LogP contribution < -0.4 is 10.1 Å². The predicted molar refractivity (Wildman–Crippen MR) is 107 cm³/mol. The van der Waals surface area contributed by atoms with Crippen LogP contribution >= 0.6 is 0 Å². The second kappa shape index (κ2) is 9.42. The predicted octanol–water partition coefficient (Wildman–Crippen LogP) is 5.36. The summed E-state index contributed by atoms with van der Waals surface area (Å²) >= 11 is 0. The summed E-state index contributed by atoms with van der Waals surface area (Å²) < 4.78 is 5.99. The molecule has 3 nitrogen and oxygen atoms in total. The molecule has 0 heterocycles. The molecule has 2 unspecified atom stereocenters. The van der Waals surface area contributed by atoms with E-state index in [2.05, 4.69) is 45.1 Å². The van der Waals surface area contributed by atoms with E-state index in [0.717, 1.165) is 17.7 Å². The molecule has 2 atom stereocenters. The fourth-order valence-electron chi connectivity index (χ4n) is 2.97. The van der Waals surface area contributed by atoms with Gasteiger partial charge in [-0.05, 0) is 61.4 Å². The first-order valence-electron chi connectivity index (χ1n) is 9.50. The van der Waals surface area contributed by atoms with E-state index in [4.69, 9.17) is 4.74 Å². The summed E-state index contributed by atoms with van der Waals surface area (Å²) in [5.74, 6) is 1.18. The van der Waals surface area contributed by atoms with Gasteiger partial charge >= 0.3 is 0 Å². The minimum Gasteiger partial charge on any atom is -0.481 e. The van der Waals surface area contributed by atoms with E-state index in [1.54, 1.807) is 0 Å². The molecule has 2 aromatic rings. The molecule has 0 saturated carbocycles. The molecule has 1 N–H and O–H groups in total. The maximum Gasteiger partial charge on any atom is 0.261 e. The molecule has 2 aromatic carbocycles. The molecule has 0 fully saturated rings. The topological polar surface area (TPSA) is 38.3 Å². The number of hydrogen-bond acceptors (Lipinski definition) is 2. The van der Waals surface area contributed by atoms with Gasteiger partial charge in [0.2, 0.25) is 0 Å². The van der Waals surface area contributed by atoms with E-state index in [-0.39, 0.29) is 11.9 Å². The number of aryl methyl sites for hydroxylation is 2. The number of hydrogen-bond donors (Lipinski definition) is 1. The first-order valence-corrected chi connectivity index (χ1v) is 9.50. The quantitative estimate of drug-likeness (QED) is 0.693. The second-order valence-corrected chi connectivity index (χ2v) is 7.36. The van der Waals surface area contributed by atoms with Crippen LogP contribution in [0.5, 0.6) is 5.75 Å². The van der Waals surface area contributed by atoms with Crippen LogP contribution in [-0.2, 0) is 4.79 Å². The van der Waals surface area contributed by atoms with Crippen molar-refractivity contribution in [3.8, 4) is 5.75 Å². The summed E-state index contributed by atoms with van der Waals surface area (Å²) in [6.45, 7) is 10.4. The normalized spacial score (nSPS) is 13.3. The van der Waals surface area contributed by atoms with Crippen molar-refractivity contribution in [3.63, 3.8) is 0 Å². The average Bonchev–Trinajstić information content (AvgIpc) is 2.62. The zero-order valence-electron chi connectivity index (χ0n) is 16.6. The van der Waals surface area contributed by atoms with Gasteiger partial charge in [-0.25, -0.2) is 0 Å². The monoisotopic (exact) mass is 353 g/mol. The molecule has 140 valence electrons. The standard InChI is InChI=1S/C23H31NO2/c1-6-22(26-20-13-12-17(4)18(5)15-20)23(25)24-21(14-16(2)3)19-10-8-7-9-11-19/h7-13,15-16,21-22H,6,14H2,1-5H3,(H,24,25). The lowest BCUT2D eigenvalue weighted by molar-refractivity contribution is -0.129. The van der Waals surface area contributed by atoms with Crippen molar-refractivity contribution >= 4 is 5.91 Å². The van der Waals surface area contributed by atoms with Crippen molar-refractivity contribution in [3.05, 3.63) is 65.2 Å². The Bertz CT molecular complexity index is 709. The summed E-state index contributed by atoms with van der Waals surface area (Å²) in [6, 6.07) is 16.1. The highest BCUT2D eigenvalue weighted by molar-refractivity contribution is 5.81. The molecule has 3 heteroatoms. The Hall–Kier alpha value is -2.29. The van der Waals surface area contributed by atoms with Crippen molar-refractivity contribution in [2.24, 2.45) is 5.92 Å². The molecule has 0 aliphatic heterocycles. The number of carbonyl (C=O) groups is 1. The Morgan fingerprint density at radius 3 is 2.31 bits per heavy atom. The Morgan fingerprint density at radius 2 is 1.73 bits per heavy atom. The molecule has 0 bridgehead atoms. The first-order chi connectivity index (χ1) is 12.4. The number of amides is 1. The molecule has 1 amide bonds. The third kappa shape index (κ3) is 5.62. The molecular weight excluding hydrogens is 322 g/mol. The van der Waals surface area contributed by atoms with Gasteiger partial charge in [0, 0.05) is 0 Å². The highest BCUT2D eigenvalue weighted by atomic mass is 16.5. The number of ether oxygens (including phenoxy) is 1. The van der Waals surface area contributed by atoms with Crippen LogP contribution in [0.3, 0.4) is 0 Å². The zero-order valence-corrected chi connectivity index (χ0v) is 16.6. The fraction of sp³-hybridized carbons (Fsp3) is 0.435. The number of nitrogens with one attached hydrogen (secondary N) is 1. The second-order valence-electron chi connectivity index (χ2n) is 7.36. The molecule has 0 radical (unpaired) electrons. The van der Waals surface area contributed by atoms with Crippen LogP contribution in [-0.4, -0.2) is 12.0 Å². The van der Waals surface area contributed by atoms with Gasteiger partial charge in [-0.15, -0.1) is 0 Å². The maximum atomic E-state index is 12.9. The zero-order chi connectivity index (χ0) is 19.1. The smallest absolute Gasteiger partial charge is 0.261 e. The fourth-order valence-corrected chi connectivity index (χ4v) is 2.97. The number of benzene rings is 2. The molecule has 0 aromatic heterocycles. The van der Waals surface area contributed by atoms with Crippen LogP contribution in [0.2, 0.25) is 0 Å². The van der Waals surface area contributed by atoms with E-state index in [1.807, 2.05) is 43.3 Å². The molecule has 0 aliphatic carbocycles. The Labute approximate surface area is 157 Å². The van der Waals surface area contributed by atoms with Crippen molar-refractivity contribution in [2.45, 2.75) is 59.6 Å². The Kier molecular flexibility index (Phi) is 7.26. The summed E-state index contributed by atoms with van der Waals surface area (Å²) in [5.41, 5.74) is 3.52. The molecule has 26 heavy (non-hydrogen) atoms. The lowest BCUT2D eigenvalue weighted by Crippen LogP contribution is -2.40. The van der Waals surface area contributed by atoms with E-state index < -0.39 is 6.10 Å². The van der Waals surface area contributed by atoms with Gasteiger partial charge in [0.25, 0.3) is 5.91 Å². The van der Waals surface area contributed by atoms with E-state index in [1.165, 1.54) is 11.1 Å². The molecule has 0 spiro atoms. The van der Waals surface area contributed by atoms with Crippen LogP contribution in [0.4, 0.5) is 0 Å². The van der Waals surface area contributed by atoms with Gasteiger partial charge in [0.15, 0.2) is 6.10 Å². The number of carbonyl (C=O) groups excluding carboxylic acids is 1. The van der Waals surface area contributed by atoms with E-state index in [9.17, 15) is 4.79 Å². The van der Waals surface area contributed by atoms with Gasteiger partial charge in [-0.3, -0.25) is 4.79 Å². The van der Waals surface area contributed by atoms with Gasteiger partial charge in [-0.1, -0.05) is 57.2 Å². The summed E-state index contributed by atoms with van der Waals surface area (Å²) in [4.78, 5) is 12.9. The van der Waals surface area contributed by atoms with Gasteiger partial charge in [-0.2, -0.15) is 0 Å².